The number of aryl methyl sites for hydroxylation is 1. The number of hydrogen-bond donors (Lipinski definition) is 1. The van der Waals surface area contributed by atoms with E-state index < -0.39 is 6.09 Å². The van der Waals surface area contributed by atoms with Crippen molar-refractivity contribution in [2.24, 2.45) is 5.73 Å². The molecule has 0 atom stereocenters. The zero-order chi connectivity index (χ0) is 34.5. The Labute approximate surface area is 295 Å². The molecule has 0 unspecified atom stereocenters. The maximum absolute atomic E-state index is 11.9. The minimum absolute atomic E-state index is 0.128. The first-order chi connectivity index (χ1) is 24.1. The number of fused-ring (bicyclic) bond motifs is 1. The molecule has 2 aromatic heterocycles. The third-order valence-electron chi connectivity index (χ3n) is 9.76. The first-order valence-electron chi connectivity index (χ1n) is 19.7. The molecule has 1 amide bonds. The van der Waals surface area contributed by atoms with E-state index in [-0.39, 0.29) is 11.9 Å². The number of carbonyl (C=O) groups excluding carboxylic acids is 1. The van der Waals surface area contributed by atoms with E-state index in [4.69, 9.17) is 25.3 Å². The molecule has 0 bridgehead atoms. The van der Waals surface area contributed by atoms with Crippen molar-refractivity contribution in [2.75, 3.05) is 19.7 Å². The van der Waals surface area contributed by atoms with Gasteiger partial charge in [0, 0.05) is 6.54 Å². The number of rotatable bonds is 26. The molecule has 0 saturated carbocycles. The number of hydrogen-bond acceptors (Lipinski definition) is 7. The summed E-state index contributed by atoms with van der Waals surface area (Å²) < 4.78 is 13.2. The highest BCUT2D eigenvalue weighted by Gasteiger charge is 2.22. The van der Waals surface area contributed by atoms with Gasteiger partial charge in [-0.15, -0.1) is 0 Å². The lowest BCUT2D eigenvalue weighted by Gasteiger charge is -2.14. The number of carbonyl (C=O) groups is 1. The van der Waals surface area contributed by atoms with Gasteiger partial charge in [0.05, 0.1) is 18.8 Å². The lowest BCUT2D eigenvalue weighted by molar-refractivity contribution is 0.208. The quantitative estimate of drug-likeness (QED) is 0.0843. The van der Waals surface area contributed by atoms with Crippen LogP contribution >= 0.6 is 0 Å². The second-order valence-corrected chi connectivity index (χ2v) is 14.1. The molecule has 3 aromatic rings. The summed E-state index contributed by atoms with van der Waals surface area (Å²) >= 11 is 0. The Bertz CT molecular complexity index is 1350. The molecule has 9 heteroatoms. The molecular weight excluding hydrogens is 612 g/mol. The van der Waals surface area contributed by atoms with E-state index in [0.29, 0.717) is 24.2 Å². The molecule has 2 N–H and O–H groups in total. The molecule has 49 heavy (non-hydrogen) atoms. The van der Waals surface area contributed by atoms with Crippen LogP contribution in [0.1, 0.15) is 159 Å². The summed E-state index contributed by atoms with van der Waals surface area (Å²) in [4.78, 5) is 23.7. The topological polar surface area (TPSA) is 108 Å². The minimum Gasteiger partial charge on any atom is -0.463 e. The molecule has 0 radical (unpaired) electrons. The number of nitrogens with zero attached hydrogens (tertiary/aromatic N) is 5. The molecule has 1 fully saturated rings. The Kier molecular flexibility index (Phi) is 17.7. The summed E-state index contributed by atoms with van der Waals surface area (Å²) in [6, 6.07) is 8.96. The van der Waals surface area contributed by atoms with Gasteiger partial charge in [0.15, 0.2) is 5.65 Å². The number of aromatic nitrogens is 4. The van der Waals surface area contributed by atoms with Crippen LogP contribution < -0.4 is 15.2 Å². The Morgan fingerprint density at radius 2 is 1.24 bits per heavy atom. The van der Waals surface area contributed by atoms with Crippen molar-refractivity contribution in [1.82, 2.24) is 24.6 Å². The van der Waals surface area contributed by atoms with Crippen LogP contribution in [-0.2, 0) is 19.5 Å². The first kappa shape index (κ1) is 38.6. The van der Waals surface area contributed by atoms with E-state index in [1.165, 1.54) is 121 Å². The van der Waals surface area contributed by atoms with Crippen molar-refractivity contribution in [2.45, 2.75) is 162 Å². The van der Waals surface area contributed by atoms with E-state index in [0.717, 1.165) is 49.9 Å². The van der Waals surface area contributed by atoms with Gasteiger partial charge < -0.3 is 15.2 Å². The number of likely N-dealkylation sites (tertiary alicyclic amines) is 1. The highest BCUT2D eigenvalue weighted by Crippen LogP contribution is 2.30. The molecule has 4 rings (SSSR count). The second kappa shape index (κ2) is 22.5. The fourth-order valence-corrected chi connectivity index (χ4v) is 6.88. The van der Waals surface area contributed by atoms with Crippen molar-refractivity contribution in [3.05, 3.63) is 41.1 Å². The third kappa shape index (κ3) is 13.9. The smallest absolute Gasteiger partial charge is 0.411 e. The van der Waals surface area contributed by atoms with Gasteiger partial charge in [0.2, 0.25) is 5.88 Å². The standard InChI is InChI=1S/C40H64N6O3/c1-3-5-7-8-9-10-11-12-13-14-15-16-17-18-19-20-23-35-36-37(42-40(48-30-6-4-2)43-38(36)49-39(41)47)46(44-35)32-34-26-24-33(25-27-34)31-45-28-21-22-29-45/h24-27H,3-23,28-32H2,1-2H3,(H2,41,47). The molecule has 1 aliphatic heterocycles. The molecule has 3 heterocycles. The number of nitrogens with two attached hydrogens (primary N) is 1. The molecule has 272 valence electrons. The number of benzene rings is 1. The van der Waals surface area contributed by atoms with E-state index in [1.54, 1.807) is 0 Å². The average Bonchev–Trinajstić information content (AvgIpc) is 3.73. The van der Waals surface area contributed by atoms with Gasteiger partial charge in [-0.2, -0.15) is 15.1 Å². The van der Waals surface area contributed by atoms with Crippen molar-refractivity contribution in [1.29, 1.82) is 0 Å². The van der Waals surface area contributed by atoms with Gasteiger partial charge in [-0.1, -0.05) is 141 Å². The summed E-state index contributed by atoms with van der Waals surface area (Å²) in [5.41, 5.74) is 9.38. The Hall–Kier alpha value is -3.20. The summed E-state index contributed by atoms with van der Waals surface area (Å²) in [6.07, 6.45) is 25.5. The maximum atomic E-state index is 11.9. The number of unbranched alkanes of at least 4 members (excludes halogenated alkanes) is 16. The van der Waals surface area contributed by atoms with E-state index in [2.05, 4.69) is 48.0 Å². The lowest BCUT2D eigenvalue weighted by atomic mass is 10.0. The van der Waals surface area contributed by atoms with Crippen LogP contribution in [0.5, 0.6) is 11.9 Å². The molecule has 0 aliphatic carbocycles. The van der Waals surface area contributed by atoms with Crippen molar-refractivity contribution >= 4 is 17.1 Å². The number of primary amides is 1. The summed E-state index contributed by atoms with van der Waals surface area (Å²) in [5, 5.41) is 5.67. The van der Waals surface area contributed by atoms with E-state index in [1.807, 2.05) is 4.68 Å². The third-order valence-corrected chi connectivity index (χ3v) is 9.76. The molecule has 1 saturated heterocycles. The van der Waals surface area contributed by atoms with Gasteiger partial charge in [-0.25, -0.2) is 9.48 Å². The molecule has 1 aromatic carbocycles. The summed E-state index contributed by atoms with van der Waals surface area (Å²) in [5.74, 6) is 0.128. The van der Waals surface area contributed by atoms with Gasteiger partial charge in [0.25, 0.3) is 0 Å². The zero-order valence-corrected chi connectivity index (χ0v) is 30.7. The van der Waals surface area contributed by atoms with Crippen LogP contribution in [0.15, 0.2) is 24.3 Å². The fourth-order valence-electron chi connectivity index (χ4n) is 6.88. The Morgan fingerprint density at radius 3 is 1.80 bits per heavy atom. The fraction of sp³-hybridized carbons (Fsp3) is 0.700. The predicted molar refractivity (Wildman–Crippen MR) is 199 cm³/mol. The summed E-state index contributed by atoms with van der Waals surface area (Å²) in [7, 11) is 0. The molecule has 9 nitrogen and oxygen atoms in total. The first-order valence-corrected chi connectivity index (χ1v) is 19.7. The largest absolute Gasteiger partial charge is 0.463 e. The number of ether oxygens (including phenoxy) is 2. The van der Waals surface area contributed by atoms with Crippen molar-refractivity contribution < 1.29 is 14.3 Å². The van der Waals surface area contributed by atoms with Gasteiger partial charge in [-0.05, 0) is 56.3 Å². The maximum Gasteiger partial charge on any atom is 0.411 e. The van der Waals surface area contributed by atoms with Gasteiger partial charge >= 0.3 is 12.1 Å². The van der Waals surface area contributed by atoms with Gasteiger partial charge in [-0.3, -0.25) is 4.90 Å². The van der Waals surface area contributed by atoms with Crippen molar-refractivity contribution in [3.63, 3.8) is 0 Å². The zero-order valence-electron chi connectivity index (χ0n) is 30.7. The van der Waals surface area contributed by atoms with E-state index >= 15 is 0 Å². The van der Waals surface area contributed by atoms with Crippen LogP contribution in [0.4, 0.5) is 4.79 Å². The highest BCUT2D eigenvalue weighted by atomic mass is 16.6. The number of amides is 1. The molecular formula is C40H64N6O3. The van der Waals surface area contributed by atoms with E-state index in [9.17, 15) is 4.79 Å². The Balaban J connectivity index is 1.31. The van der Waals surface area contributed by atoms with Crippen LogP contribution in [0.3, 0.4) is 0 Å². The highest BCUT2D eigenvalue weighted by molar-refractivity contribution is 5.86. The molecule has 1 aliphatic rings. The predicted octanol–water partition coefficient (Wildman–Crippen LogP) is 9.91. The second-order valence-electron chi connectivity index (χ2n) is 14.1. The van der Waals surface area contributed by atoms with Crippen LogP contribution in [0.2, 0.25) is 0 Å². The average molecular weight is 677 g/mol. The van der Waals surface area contributed by atoms with Crippen LogP contribution in [-0.4, -0.2) is 50.4 Å². The Morgan fingerprint density at radius 1 is 0.714 bits per heavy atom. The normalized spacial score (nSPS) is 13.4. The van der Waals surface area contributed by atoms with Crippen LogP contribution in [0.25, 0.3) is 11.0 Å². The lowest BCUT2D eigenvalue weighted by Crippen LogP contribution is -2.18. The van der Waals surface area contributed by atoms with Crippen molar-refractivity contribution in [3.8, 4) is 11.9 Å². The molecule has 0 spiro atoms. The van der Waals surface area contributed by atoms with Gasteiger partial charge in [0.1, 0.15) is 5.39 Å². The van der Waals surface area contributed by atoms with Crippen LogP contribution in [0, 0.1) is 0 Å². The minimum atomic E-state index is -0.908. The summed E-state index contributed by atoms with van der Waals surface area (Å²) in [6.45, 7) is 8.77. The SMILES string of the molecule is CCCCCCCCCCCCCCCCCCc1nn(Cc2ccc(CN3CCCC3)cc2)c2nc(OCCCC)nc(OC(N)=O)c12. The monoisotopic (exact) mass is 677 g/mol.